The second kappa shape index (κ2) is 3.40. The molecule has 1 N–H and O–H groups in total. The number of hydrogen-bond donors (Lipinski definition) is 1. The lowest BCUT2D eigenvalue weighted by Crippen LogP contribution is -2.46. The fourth-order valence-electron chi connectivity index (χ4n) is 1.60. The molecule has 1 aliphatic rings. The van der Waals surface area contributed by atoms with Crippen molar-refractivity contribution in [3.8, 4) is 0 Å². The third kappa shape index (κ3) is 2.10. The predicted molar refractivity (Wildman–Crippen MR) is 47.7 cm³/mol. The number of nitrogens with zero attached hydrogens (tertiary/aromatic N) is 1. The van der Waals surface area contributed by atoms with Crippen LogP contribution in [0.3, 0.4) is 0 Å². The van der Waals surface area contributed by atoms with Crippen LogP contribution in [0.5, 0.6) is 0 Å². The Morgan fingerprint density at radius 2 is 2.07 bits per heavy atom. The zero-order valence-electron chi connectivity index (χ0n) is 8.24. The molecule has 1 fully saturated rings. The Morgan fingerprint density at radius 1 is 1.50 bits per heavy atom. The molecule has 0 radical (unpaired) electrons. The van der Waals surface area contributed by atoms with Gasteiger partial charge in [0.1, 0.15) is 0 Å². The van der Waals surface area contributed by atoms with Gasteiger partial charge in [-0.05, 0) is 13.8 Å². The average Bonchev–Trinajstić information content (AvgIpc) is 2.27. The molecule has 5 heteroatoms. The zero-order valence-corrected chi connectivity index (χ0v) is 8.24. The van der Waals surface area contributed by atoms with E-state index in [4.69, 9.17) is 5.11 Å². The lowest BCUT2D eigenvalue weighted by molar-refractivity contribution is -0.142. The van der Waals surface area contributed by atoms with Gasteiger partial charge in [0.15, 0.2) is 5.78 Å². The summed E-state index contributed by atoms with van der Waals surface area (Å²) in [6.45, 7) is 3.34. The molecule has 0 aromatic rings. The maximum atomic E-state index is 11.3. The number of carbonyl (C=O) groups is 3. The molecule has 78 valence electrons. The quantitative estimate of drug-likeness (QED) is 0.651. The number of Topliss-reactive ketones (excluding diaryl/α,β-unsaturated/α-hetero) is 1. The summed E-state index contributed by atoms with van der Waals surface area (Å²) in [7, 11) is 0. The van der Waals surface area contributed by atoms with Gasteiger partial charge in [0.2, 0.25) is 5.91 Å². The first kappa shape index (κ1) is 10.7. The molecule has 0 unspecified atom stereocenters. The number of carboxylic acids is 1. The third-order valence-electron chi connectivity index (χ3n) is 2.30. The van der Waals surface area contributed by atoms with Gasteiger partial charge in [-0.1, -0.05) is 0 Å². The molecule has 0 saturated carbocycles. The van der Waals surface area contributed by atoms with Crippen LogP contribution in [-0.4, -0.2) is 39.7 Å². The minimum Gasteiger partial charge on any atom is -0.481 e. The van der Waals surface area contributed by atoms with Crippen molar-refractivity contribution in [3.63, 3.8) is 0 Å². The van der Waals surface area contributed by atoms with Crippen molar-refractivity contribution in [1.82, 2.24) is 4.90 Å². The van der Waals surface area contributed by atoms with Gasteiger partial charge in [-0.3, -0.25) is 14.4 Å². The van der Waals surface area contributed by atoms with Crippen LogP contribution in [-0.2, 0) is 14.4 Å². The number of rotatable bonds is 3. The van der Waals surface area contributed by atoms with E-state index in [1.807, 2.05) is 0 Å². The van der Waals surface area contributed by atoms with E-state index in [9.17, 15) is 14.4 Å². The number of ketones is 1. The topological polar surface area (TPSA) is 74.7 Å². The Morgan fingerprint density at radius 3 is 2.43 bits per heavy atom. The number of aliphatic carboxylic acids is 1. The van der Waals surface area contributed by atoms with Crippen molar-refractivity contribution in [2.75, 3.05) is 6.54 Å². The Hall–Kier alpha value is -1.39. The Balaban J connectivity index is 2.77. The largest absolute Gasteiger partial charge is 0.481 e. The van der Waals surface area contributed by atoms with Gasteiger partial charge in [0.25, 0.3) is 0 Å². The van der Waals surface area contributed by atoms with Gasteiger partial charge in [-0.2, -0.15) is 0 Å². The van der Waals surface area contributed by atoms with Gasteiger partial charge in [-0.25, -0.2) is 0 Å². The predicted octanol–water partition coefficient (Wildman–Crippen LogP) is 0.0411. The maximum absolute atomic E-state index is 11.3. The molecule has 0 aromatic heterocycles. The number of amides is 1. The summed E-state index contributed by atoms with van der Waals surface area (Å²) >= 11 is 0. The fourth-order valence-corrected chi connectivity index (χ4v) is 1.60. The summed E-state index contributed by atoms with van der Waals surface area (Å²) in [5.41, 5.74) is -0.783. The molecule has 0 aromatic carbocycles. The van der Waals surface area contributed by atoms with Crippen LogP contribution >= 0.6 is 0 Å². The van der Waals surface area contributed by atoms with Crippen LogP contribution in [0, 0.1) is 0 Å². The van der Waals surface area contributed by atoms with E-state index < -0.39 is 11.5 Å². The minimum absolute atomic E-state index is 0.0408. The van der Waals surface area contributed by atoms with E-state index >= 15 is 0 Å². The van der Waals surface area contributed by atoms with E-state index in [1.165, 1.54) is 4.90 Å². The number of carboxylic acid groups (broad SMARTS) is 1. The van der Waals surface area contributed by atoms with E-state index in [1.54, 1.807) is 13.8 Å². The maximum Gasteiger partial charge on any atom is 0.305 e. The number of hydrogen-bond acceptors (Lipinski definition) is 3. The highest BCUT2D eigenvalue weighted by Gasteiger charge is 2.39. The van der Waals surface area contributed by atoms with Crippen LogP contribution in [0.15, 0.2) is 0 Å². The van der Waals surface area contributed by atoms with Crippen molar-refractivity contribution in [2.24, 2.45) is 0 Å². The molecule has 5 nitrogen and oxygen atoms in total. The lowest BCUT2D eigenvalue weighted by Gasteiger charge is -2.33. The highest BCUT2D eigenvalue weighted by molar-refractivity contribution is 6.05. The highest BCUT2D eigenvalue weighted by atomic mass is 16.4. The molecular formula is C9H13NO4. The third-order valence-corrected chi connectivity index (χ3v) is 2.30. The van der Waals surface area contributed by atoms with Gasteiger partial charge >= 0.3 is 5.97 Å². The standard InChI is InChI=1S/C9H13NO4/c1-9(2,4-8(13)14)10-5-6(11)3-7(10)12/h3-5H2,1-2H3,(H,13,14). The van der Waals surface area contributed by atoms with E-state index in [2.05, 4.69) is 0 Å². The SMILES string of the molecule is CC(C)(CC(=O)O)N1CC(=O)CC1=O. The Bertz CT molecular complexity index is 295. The van der Waals surface area contributed by atoms with Gasteiger partial charge in [-0.15, -0.1) is 0 Å². The smallest absolute Gasteiger partial charge is 0.305 e. The molecule has 1 rings (SSSR count). The van der Waals surface area contributed by atoms with E-state index in [0.29, 0.717) is 0 Å². The molecule has 0 spiro atoms. The van der Waals surface area contributed by atoms with Crippen LogP contribution in [0.2, 0.25) is 0 Å². The van der Waals surface area contributed by atoms with Gasteiger partial charge < -0.3 is 10.0 Å². The first-order valence-electron chi connectivity index (χ1n) is 4.37. The Kier molecular flexibility index (Phi) is 2.59. The van der Waals surface area contributed by atoms with Crippen molar-refractivity contribution in [3.05, 3.63) is 0 Å². The van der Waals surface area contributed by atoms with Crippen LogP contribution < -0.4 is 0 Å². The molecule has 14 heavy (non-hydrogen) atoms. The first-order chi connectivity index (χ1) is 6.33. The molecule has 1 amide bonds. The summed E-state index contributed by atoms with van der Waals surface area (Å²) in [4.78, 5) is 34.2. The second-order valence-electron chi connectivity index (χ2n) is 4.08. The summed E-state index contributed by atoms with van der Waals surface area (Å²) in [6.07, 6.45) is -0.241. The minimum atomic E-state index is -0.970. The van der Waals surface area contributed by atoms with Gasteiger partial charge in [0.05, 0.1) is 19.4 Å². The summed E-state index contributed by atoms with van der Waals surface area (Å²) in [5.74, 6) is -1.39. The van der Waals surface area contributed by atoms with Gasteiger partial charge in [0, 0.05) is 5.54 Å². The second-order valence-corrected chi connectivity index (χ2v) is 4.08. The molecule has 0 aliphatic carbocycles. The summed E-state index contributed by atoms with van der Waals surface area (Å²) < 4.78 is 0. The van der Waals surface area contributed by atoms with Crippen molar-refractivity contribution >= 4 is 17.7 Å². The monoisotopic (exact) mass is 199 g/mol. The molecule has 1 saturated heterocycles. The lowest BCUT2D eigenvalue weighted by atomic mass is 9.99. The molecule has 0 atom stereocenters. The summed E-state index contributed by atoms with van der Waals surface area (Å²) in [5, 5.41) is 8.64. The number of likely N-dealkylation sites (tertiary alicyclic amines) is 1. The normalized spacial score (nSPS) is 17.7. The van der Waals surface area contributed by atoms with Crippen molar-refractivity contribution < 1.29 is 19.5 Å². The Labute approximate surface area is 81.7 Å². The molecular weight excluding hydrogens is 186 g/mol. The fraction of sp³-hybridized carbons (Fsp3) is 0.667. The van der Waals surface area contributed by atoms with Crippen molar-refractivity contribution in [1.29, 1.82) is 0 Å². The van der Waals surface area contributed by atoms with Crippen molar-refractivity contribution in [2.45, 2.75) is 32.2 Å². The van der Waals surface area contributed by atoms with Crippen LogP contribution in [0.4, 0.5) is 0 Å². The zero-order chi connectivity index (χ0) is 10.9. The first-order valence-corrected chi connectivity index (χ1v) is 4.37. The average molecular weight is 199 g/mol. The van der Waals surface area contributed by atoms with Crippen LogP contribution in [0.25, 0.3) is 0 Å². The molecule has 1 heterocycles. The number of carbonyl (C=O) groups excluding carboxylic acids is 2. The van der Waals surface area contributed by atoms with Crippen LogP contribution in [0.1, 0.15) is 26.7 Å². The molecule has 0 bridgehead atoms. The van der Waals surface area contributed by atoms with E-state index in [0.717, 1.165) is 0 Å². The van der Waals surface area contributed by atoms with E-state index in [-0.39, 0.29) is 31.1 Å². The molecule has 1 aliphatic heterocycles. The summed E-state index contributed by atoms with van der Waals surface area (Å²) in [6, 6.07) is 0. The highest BCUT2D eigenvalue weighted by Crippen LogP contribution is 2.23.